The molecule has 1 aliphatic rings. The van der Waals surface area contributed by atoms with Crippen molar-refractivity contribution in [2.75, 3.05) is 23.2 Å². The minimum Gasteiger partial charge on any atom is -0.376 e. The molecule has 1 atom stereocenters. The molecule has 9 heteroatoms. The molecule has 0 spiro atoms. The van der Waals surface area contributed by atoms with Crippen molar-refractivity contribution >= 4 is 33.2 Å². The van der Waals surface area contributed by atoms with Crippen LogP contribution in [0, 0.1) is 20.8 Å². The van der Waals surface area contributed by atoms with Gasteiger partial charge in [0.2, 0.25) is 0 Å². The molecule has 1 heterocycles. The van der Waals surface area contributed by atoms with Crippen LogP contribution in [0.3, 0.4) is 0 Å². The van der Waals surface area contributed by atoms with E-state index < -0.39 is 15.9 Å². The minimum atomic E-state index is -3.96. The fourth-order valence-corrected chi connectivity index (χ4v) is 5.58. The van der Waals surface area contributed by atoms with E-state index in [1.54, 1.807) is 55.5 Å². The van der Waals surface area contributed by atoms with Gasteiger partial charge in [-0.1, -0.05) is 30.3 Å². The molecule has 1 fully saturated rings. The van der Waals surface area contributed by atoms with Gasteiger partial charge in [0.15, 0.2) is 0 Å². The number of hydrogen-bond acceptors (Lipinski definition) is 5. The molecule has 37 heavy (non-hydrogen) atoms. The van der Waals surface area contributed by atoms with Crippen LogP contribution in [0.15, 0.2) is 65.6 Å². The molecule has 0 radical (unpaired) electrons. The zero-order valence-corrected chi connectivity index (χ0v) is 21.9. The third-order valence-corrected chi connectivity index (χ3v) is 8.03. The molecule has 2 amide bonds. The Morgan fingerprint density at radius 3 is 2.43 bits per heavy atom. The standard InChI is InChI=1S/C28H31N3O5S/c1-18-8-6-12-24(20(18)3)31-37(34,35)26-16-21(14-13-19(26)2)27(32)30-25-11-5-4-10-23(25)28(33)29-17-22-9-7-15-36-22/h4-6,8,10-14,16,22,31H,7,9,15,17H2,1-3H3,(H,29,33)(H,30,32)/t22-/m1/s1. The number of ether oxygens (including phenoxy) is 1. The first-order valence-electron chi connectivity index (χ1n) is 12.2. The molecule has 0 unspecified atom stereocenters. The topological polar surface area (TPSA) is 114 Å². The molecule has 194 valence electrons. The predicted molar refractivity (Wildman–Crippen MR) is 144 cm³/mol. The molecule has 3 N–H and O–H groups in total. The van der Waals surface area contributed by atoms with Gasteiger partial charge < -0.3 is 15.4 Å². The maximum atomic E-state index is 13.2. The van der Waals surface area contributed by atoms with Crippen molar-refractivity contribution in [3.8, 4) is 0 Å². The van der Waals surface area contributed by atoms with Gasteiger partial charge in [0.05, 0.1) is 27.9 Å². The monoisotopic (exact) mass is 521 g/mol. The Hall–Kier alpha value is -3.69. The van der Waals surface area contributed by atoms with Crippen LogP contribution in [0.1, 0.15) is 50.2 Å². The molecule has 4 rings (SSSR count). The Kier molecular flexibility index (Phi) is 7.94. The number of hydrogen-bond donors (Lipinski definition) is 3. The number of nitrogens with one attached hydrogen (secondary N) is 3. The average molecular weight is 522 g/mol. The summed E-state index contributed by atoms with van der Waals surface area (Å²) in [6.07, 6.45) is 1.87. The Balaban J connectivity index is 1.53. The maximum absolute atomic E-state index is 13.2. The lowest BCUT2D eigenvalue weighted by molar-refractivity contribution is 0.0858. The molecule has 1 saturated heterocycles. The highest BCUT2D eigenvalue weighted by atomic mass is 32.2. The number of carbonyl (C=O) groups excluding carboxylic acids is 2. The van der Waals surface area contributed by atoms with Crippen LogP contribution in [0.5, 0.6) is 0 Å². The van der Waals surface area contributed by atoms with Crippen molar-refractivity contribution in [3.05, 3.63) is 88.5 Å². The Morgan fingerprint density at radius 1 is 0.919 bits per heavy atom. The number of sulfonamides is 1. The van der Waals surface area contributed by atoms with E-state index >= 15 is 0 Å². The summed E-state index contributed by atoms with van der Waals surface area (Å²) in [5.41, 5.74) is 3.57. The molecule has 3 aromatic rings. The maximum Gasteiger partial charge on any atom is 0.262 e. The fraction of sp³-hybridized carbons (Fsp3) is 0.286. The lowest BCUT2D eigenvalue weighted by Crippen LogP contribution is -2.32. The number of anilines is 2. The highest BCUT2D eigenvalue weighted by Crippen LogP contribution is 2.25. The minimum absolute atomic E-state index is 0.00338. The fourth-order valence-electron chi connectivity index (χ4n) is 4.18. The number of rotatable bonds is 8. The second-order valence-corrected chi connectivity index (χ2v) is 10.8. The average Bonchev–Trinajstić information content (AvgIpc) is 3.39. The molecule has 3 aromatic carbocycles. The second kappa shape index (κ2) is 11.1. The van der Waals surface area contributed by atoms with Gasteiger partial charge in [0, 0.05) is 18.7 Å². The normalized spacial score (nSPS) is 15.3. The van der Waals surface area contributed by atoms with Crippen molar-refractivity contribution in [2.45, 2.75) is 44.6 Å². The van der Waals surface area contributed by atoms with Crippen molar-refractivity contribution in [1.29, 1.82) is 0 Å². The van der Waals surface area contributed by atoms with E-state index in [-0.39, 0.29) is 22.5 Å². The lowest BCUT2D eigenvalue weighted by atomic mass is 10.1. The smallest absolute Gasteiger partial charge is 0.262 e. The summed E-state index contributed by atoms with van der Waals surface area (Å²) in [7, 11) is -3.96. The summed E-state index contributed by atoms with van der Waals surface area (Å²) >= 11 is 0. The number of carbonyl (C=O) groups is 2. The summed E-state index contributed by atoms with van der Waals surface area (Å²) < 4.78 is 34.7. The molecule has 0 bridgehead atoms. The summed E-state index contributed by atoms with van der Waals surface area (Å²) in [5.74, 6) is -0.848. The van der Waals surface area contributed by atoms with Crippen molar-refractivity contribution in [3.63, 3.8) is 0 Å². The summed E-state index contributed by atoms with van der Waals surface area (Å²) in [5, 5.41) is 5.61. The van der Waals surface area contributed by atoms with Crippen LogP contribution < -0.4 is 15.4 Å². The van der Waals surface area contributed by atoms with Crippen LogP contribution >= 0.6 is 0 Å². The Bertz CT molecular complexity index is 1430. The highest BCUT2D eigenvalue weighted by Gasteiger charge is 2.22. The van der Waals surface area contributed by atoms with Gasteiger partial charge >= 0.3 is 0 Å². The first-order valence-corrected chi connectivity index (χ1v) is 13.6. The lowest BCUT2D eigenvalue weighted by Gasteiger charge is -2.15. The molecular weight excluding hydrogens is 490 g/mol. The number of amides is 2. The van der Waals surface area contributed by atoms with Crippen LogP contribution in [0.2, 0.25) is 0 Å². The summed E-state index contributed by atoms with van der Waals surface area (Å²) in [4.78, 5) is 25.9. The van der Waals surface area contributed by atoms with Crippen LogP contribution in [-0.2, 0) is 14.8 Å². The Labute approximate surface area is 217 Å². The summed E-state index contributed by atoms with van der Waals surface area (Å²) in [6.45, 7) is 6.52. The molecule has 0 aromatic heterocycles. The van der Waals surface area contributed by atoms with Gasteiger partial charge in [0.25, 0.3) is 21.8 Å². The predicted octanol–water partition coefficient (Wildman–Crippen LogP) is 4.57. The van der Waals surface area contributed by atoms with Gasteiger partial charge in [-0.05, 0) is 80.6 Å². The first-order chi connectivity index (χ1) is 17.7. The van der Waals surface area contributed by atoms with Crippen molar-refractivity contribution in [1.82, 2.24) is 5.32 Å². The van der Waals surface area contributed by atoms with Crippen molar-refractivity contribution < 1.29 is 22.7 Å². The largest absolute Gasteiger partial charge is 0.376 e. The van der Waals surface area contributed by atoms with E-state index in [0.717, 1.165) is 24.0 Å². The zero-order valence-electron chi connectivity index (χ0n) is 21.1. The van der Waals surface area contributed by atoms with E-state index in [9.17, 15) is 18.0 Å². The van der Waals surface area contributed by atoms with Crippen LogP contribution in [-0.4, -0.2) is 39.5 Å². The molecule has 1 aliphatic heterocycles. The zero-order chi connectivity index (χ0) is 26.6. The number of benzene rings is 3. The third-order valence-electron chi connectivity index (χ3n) is 6.52. The van der Waals surface area contributed by atoms with Gasteiger partial charge in [0.1, 0.15) is 0 Å². The summed E-state index contributed by atoms with van der Waals surface area (Å²) in [6, 6.07) is 16.6. The van der Waals surface area contributed by atoms with E-state index in [4.69, 9.17) is 4.74 Å². The molecule has 0 aliphatic carbocycles. The van der Waals surface area contributed by atoms with Gasteiger partial charge in [-0.2, -0.15) is 0 Å². The molecular formula is C28H31N3O5S. The van der Waals surface area contributed by atoms with E-state index in [0.29, 0.717) is 35.7 Å². The van der Waals surface area contributed by atoms with Crippen LogP contribution in [0.25, 0.3) is 0 Å². The number of aryl methyl sites for hydroxylation is 2. The quantitative estimate of drug-likeness (QED) is 0.402. The first kappa shape index (κ1) is 26.4. The molecule has 8 nitrogen and oxygen atoms in total. The van der Waals surface area contributed by atoms with Gasteiger partial charge in [-0.15, -0.1) is 0 Å². The highest BCUT2D eigenvalue weighted by molar-refractivity contribution is 7.92. The SMILES string of the molecule is Cc1ccc(C(=O)Nc2ccccc2C(=O)NC[C@H]2CCCO2)cc1S(=O)(=O)Nc1cccc(C)c1C. The van der Waals surface area contributed by atoms with Crippen molar-refractivity contribution in [2.24, 2.45) is 0 Å². The van der Waals surface area contributed by atoms with Gasteiger partial charge in [-0.25, -0.2) is 8.42 Å². The Morgan fingerprint density at radius 2 is 1.68 bits per heavy atom. The second-order valence-electron chi connectivity index (χ2n) is 9.18. The van der Waals surface area contributed by atoms with Crippen LogP contribution in [0.4, 0.5) is 11.4 Å². The van der Waals surface area contributed by atoms with E-state index in [1.165, 1.54) is 6.07 Å². The molecule has 0 saturated carbocycles. The number of para-hydroxylation sites is 1. The third kappa shape index (κ3) is 6.18. The van der Waals surface area contributed by atoms with Gasteiger partial charge in [-0.3, -0.25) is 14.3 Å². The van der Waals surface area contributed by atoms with E-state index in [2.05, 4.69) is 15.4 Å². The van der Waals surface area contributed by atoms with E-state index in [1.807, 2.05) is 19.9 Å².